The highest BCUT2D eigenvalue weighted by Gasteiger charge is 2.32. The lowest BCUT2D eigenvalue weighted by molar-refractivity contribution is -0.142. The fraction of sp³-hybridized carbons (Fsp3) is 0.393. The van der Waals surface area contributed by atoms with Crippen molar-refractivity contribution in [2.45, 2.75) is 51.1 Å². The van der Waals surface area contributed by atoms with Crippen molar-refractivity contribution in [2.24, 2.45) is 11.8 Å². The van der Waals surface area contributed by atoms with Crippen molar-refractivity contribution >= 4 is 18.0 Å². The molecule has 2 aliphatic carbocycles. The van der Waals surface area contributed by atoms with E-state index in [2.05, 4.69) is 34.9 Å². The van der Waals surface area contributed by atoms with Gasteiger partial charge in [-0.05, 0) is 41.0 Å². The summed E-state index contributed by atoms with van der Waals surface area (Å²) >= 11 is 0. The standard InChI is InChI=1S/C28H32N2O5/c1-3-17(2)25(26(31)29-19-10-8-9-18(15-19)27(32)33)30-28(34)35-16-24-22-13-6-4-11-20(22)21-12-5-7-14-23(21)24/h4-8,10-14,17-19,24-25H,3,9,15-16H2,1-2H3,(H,29,31)(H,30,34)(H,32,33)/t17-,18?,19?,25-/m0/s1. The van der Waals surface area contributed by atoms with Crippen LogP contribution in [0.25, 0.3) is 11.1 Å². The van der Waals surface area contributed by atoms with Crippen molar-refractivity contribution in [3.05, 3.63) is 71.8 Å². The minimum atomic E-state index is -0.871. The molecule has 2 aliphatic rings. The molecule has 0 saturated carbocycles. The van der Waals surface area contributed by atoms with Gasteiger partial charge in [0.25, 0.3) is 0 Å². The van der Waals surface area contributed by atoms with E-state index < -0.39 is 24.0 Å². The molecule has 0 spiro atoms. The molecule has 0 radical (unpaired) electrons. The van der Waals surface area contributed by atoms with Crippen LogP contribution in [0.3, 0.4) is 0 Å². The Hall–Kier alpha value is -3.61. The molecule has 184 valence electrons. The summed E-state index contributed by atoms with van der Waals surface area (Å²) in [5.74, 6) is -1.93. The molecule has 3 N–H and O–H groups in total. The first-order valence-electron chi connectivity index (χ1n) is 12.2. The predicted octanol–water partition coefficient (Wildman–Crippen LogP) is 4.48. The normalized spacial score (nSPS) is 20.3. The van der Waals surface area contributed by atoms with E-state index in [0.717, 1.165) is 22.3 Å². The molecule has 0 aliphatic heterocycles. The Kier molecular flexibility index (Phi) is 7.54. The molecule has 4 rings (SSSR count). The minimum absolute atomic E-state index is 0.0654. The number of aliphatic carboxylic acids is 1. The molecule has 0 aromatic heterocycles. The number of carbonyl (C=O) groups excluding carboxylic acids is 2. The summed E-state index contributed by atoms with van der Waals surface area (Å²) < 4.78 is 5.63. The van der Waals surface area contributed by atoms with Crippen molar-refractivity contribution in [1.29, 1.82) is 0 Å². The Morgan fingerprint density at radius 1 is 1.06 bits per heavy atom. The van der Waals surface area contributed by atoms with Crippen molar-refractivity contribution < 1.29 is 24.2 Å². The Morgan fingerprint density at radius 2 is 1.69 bits per heavy atom. The average Bonchev–Trinajstić information content (AvgIpc) is 3.19. The second-order valence-electron chi connectivity index (χ2n) is 9.38. The number of allylic oxidation sites excluding steroid dienone is 1. The van der Waals surface area contributed by atoms with E-state index in [-0.39, 0.29) is 30.4 Å². The highest BCUT2D eigenvalue weighted by molar-refractivity contribution is 5.86. The number of carboxylic acids is 1. The molecule has 2 aromatic rings. The van der Waals surface area contributed by atoms with Gasteiger partial charge in [-0.1, -0.05) is 81.0 Å². The maximum atomic E-state index is 13.0. The number of carbonyl (C=O) groups is 3. The van der Waals surface area contributed by atoms with E-state index >= 15 is 0 Å². The van der Waals surface area contributed by atoms with Gasteiger partial charge in [0, 0.05) is 12.0 Å². The fourth-order valence-electron chi connectivity index (χ4n) is 4.94. The van der Waals surface area contributed by atoms with Gasteiger partial charge >= 0.3 is 12.1 Å². The molecule has 0 bridgehead atoms. The van der Waals surface area contributed by atoms with Gasteiger partial charge in [-0.15, -0.1) is 0 Å². The number of hydrogen-bond acceptors (Lipinski definition) is 4. The largest absolute Gasteiger partial charge is 0.481 e. The van der Waals surface area contributed by atoms with Gasteiger partial charge in [0.2, 0.25) is 5.91 Å². The quantitative estimate of drug-likeness (QED) is 0.488. The smallest absolute Gasteiger partial charge is 0.407 e. The molecule has 0 saturated heterocycles. The van der Waals surface area contributed by atoms with Gasteiger partial charge in [0.15, 0.2) is 0 Å². The zero-order valence-corrected chi connectivity index (χ0v) is 20.1. The first kappa shape index (κ1) is 24.5. The first-order valence-corrected chi connectivity index (χ1v) is 12.2. The highest BCUT2D eigenvalue weighted by atomic mass is 16.5. The molecule has 35 heavy (non-hydrogen) atoms. The summed E-state index contributed by atoms with van der Waals surface area (Å²) in [5, 5.41) is 14.9. The van der Waals surface area contributed by atoms with E-state index in [1.807, 2.05) is 44.2 Å². The fourth-order valence-corrected chi connectivity index (χ4v) is 4.94. The monoisotopic (exact) mass is 476 g/mol. The molecule has 0 heterocycles. The van der Waals surface area contributed by atoms with Crippen molar-refractivity contribution in [2.75, 3.05) is 6.61 Å². The second-order valence-corrected chi connectivity index (χ2v) is 9.38. The first-order chi connectivity index (χ1) is 16.9. The lowest BCUT2D eigenvalue weighted by Gasteiger charge is -2.28. The van der Waals surface area contributed by atoms with Gasteiger partial charge in [-0.3, -0.25) is 9.59 Å². The molecular weight excluding hydrogens is 444 g/mol. The molecule has 4 atom stereocenters. The molecular formula is C28H32N2O5. The van der Waals surface area contributed by atoms with Crippen LogP contribution in [0.15, 0.2) is 60.7 Å². The van der Waals surface area contributed by atoms with Gasteiger partial charge in [-0.25, -0.2) is 4.79 Å². The van der Waals surface area contributed by atoms with E-state index in [1.165, 1.54) is 0 Å². The lowest BCUT2D eigenvalue weighted by Crippen LogP contribution is -2.53. The third-order valence-electron chi connectivity index (χ3n) is 7.12. The van der Waals surface area contributed by atoms with Crippen LogP contribution in [-0.4, -0.2) is 41.8 Å². The molecule has 7 nitrogen and oxygen atoms in total. The summed E-state index contributed by atoms with van der Waals surface area (Å²) in [6, 6.07) is 15.1. The zero-order valence-electron chi connectivity index (χ0n) is 20.1. The number of ether oxygens (including phenoxy) is 1. The van der Waals surface area contributed by atoms with Crippen LogP contribution < -0.4 is 10.6 Å². The maximum Gasteiger partial charge on any atom is 0.407 e. The van der Waals surface area contributed by atoms with Gasteiger partial charge in [0.05, 0.1) is 5.92 Å². The van der Waals surface area contributed by atoms with Crippen LogP contribution in [0.5, 0.6) is 0 Å². The van der Waals surface area contributed by atoms with Gasteiger partial charge in [-0.2, -0.15) is 0 Å². The number of carboxylic acid groups (broad SMARTS) is 1. The number of benzene rings is 2. The van der Waals surface area contributed by atoms with Crippen molar-refractivity contribution in [3.8, 4) is 11.1 Å². The van der Waals surface area contributed by atoms with E-state index in [0.29, 0.717) is 19.3 Å². The summed E-state index contributed by atoms with van der Waals surface area (Å²) in [7, 11) is 0. The third-order valence-corrected chi connectivity index (χ3v) is 7.12. The zero-order chi connectivity index (χ0) is 24.9. The van der Waals surface area contributed by atoms with E-state index in [9.17, 15) is 19.5 Å². The highest BCUT2D eigenvalue weighted by Crippen LogP contribution is 2.44. The van der Waals surface area contributed by atoms with Crippen LogP contribution >= 0.6 is 0 Å². The van der Waals surface area contributed by atoms with Crippen LogP contribution in [-0.2, 0) is 14.3 Å². The number of nitrogens with one attached hydrogen (secondary N) is 2. The predicted molar refractivity (Wildman–Crippen MR) is 133 cm³/mol. The lowest BCUT2D eigenvalue weighted by atomic mass is 9.90. The van der Waals surface area contributed by atoms with E-state index in [4.69, 9.17) is 4.74 Å². The number of hydrogen-bond donors (Lipinski definition) is 3. The molecule has 2 aromatic carbocycles. The summed E-state index contributed by atoms with van der Waals surface area (Å²) in [6.45, 7) is 4.01. The third kappa shape index (κ3) is 5.39. The SMILES string of the molecule is CC[C@H](C)[C@H](NC(=O)OCC1c2ccccc2-c2ccccc21)C(=O)NC1C=CCC(C(=O)O)C1. The summed E-state index contributed by atoms with van der Waals surface area (Å²) in [4.78, 5) is 37.2. The number of fused-ring (bicyclic) bond motifs is 3. The van der Waals surface area contributed by atoms with Gasteiger partial charge < -0.3 is 20.5 Å². The molecule has 2 amide bonds. The van der Waals surface area contributed by atoms with E-state index in [1.54, 1.807) is 6.08 Å². The number of amides is 2. The summed E-state index contributed by atoms with van der Waals surface area (Å²) in [5.41, 5.74) is 4.54. The number of rotatable bonds is 8. The van der Waals surface area contributed by atoms with Crippen molar-refractivity contribution in [3.63, 3.8) is 0 Å². The average molecular weight is 477 g/mol. The maximum absolute atomic E-state index is 13.0. The molecule has 2 unspecified atom stereocenters. The van der Waals surface area contributed by atoms with Crippen molar-refractivity contribution in [1.82, 2.24) is 10.6 Å². The molecule has 7 heteroatoms. The van der Waals surface area contributed by atoms with Crippen LogP contribution in [0.4, 0.5) is 4.79 Å². The Morgan fingerprint density at radius 3 is 2.29 bits per heavy atom. The topological polar surface area (TPSA) is 105 Å². The molecule has 0 fully saturated rings. The second kappa shape index (κ2) is 10.8. The van der Waals surface area contributed by atoms with Crippen LogP contribution in [0.1, 0.15) is 50.2 Å². The minimum Gasteiger partial charge on any atom is -0.481 e. The Labute approximate surface area is 205 Å². The Balaban J connectivity index is 1.40. The van der Waals surface area contributed by atoms with Crippen LogP contribution in [0.2, 0.25) is 0 Å². The van der Waals surface area contributed by atoms with Crippen LogP contribution in [0, 0.1) is 11.8 Å². The summed E-state index contributed by atoms with van der Waals surface area (Å²) in [6.07, 6.45) is 4.42. The Bertz CT molecular complexity index is 1080. The number of alkyl carbamates (subject to hydrolysis) is 1. The van der Waals surface area contributed by atoms with Gasteiger partial charge in [0.1, 0.15) is 12.6 Å².